The van der Waals surface area contributed by atoms with Crippen LogP contribution in [0.15, 0.2) is 36.5 Å². The number of ether oxygens (including phenoxy) is 1. The van der Waals surface area contributed by atoms with E-state index in [9.17, 15) is 4.79 Å². The third kappa shape index (κ3) is 10.3. The number of benzene rings is 1. The Hall–Kier alpha value is -2.42. The average molecular weight is 446 g/mol. The molecule has 8 nitrogen and oxygen atoms in total. The number of hydrogen-bond acceptors (Lipinski definition) is 6. The van der Waals surface area contributed by atoms with Gasteiger partial charge in [-0.05, 0) is 57.1 Å². The van der Waals surface area contributed by atoms with Crippen molar-refractivity contribution in [3.63, 3.8) is 0 Å². The number of nitrogens with zero attached hydrogens (tertiary/aromatic N) is 1. The first-order chi connectivity index (χ1) is 15.4. The first-order valence-electron chi connectivity index (χ1n) is 11.5. The number of carbonyl (C=O) groups is 1. The van der Waals surface area contributed by atoms with E-state index in [1.807, 2.05) is 19.9 Å². The molecule has 178 valence electrons. The minimum Gasteiger partial charge on any atom is -0.449 e. The molecule has 0 spiro atoms. The van der Waals surface area contributed by atoms with Gasteiger partial charge in [0.2, 0.25) is 0 Å². The summed E-state index contributed by atoms with van der Waals surface area (Å²) in [7, 11) is 0. The van der Waals surface area contributed by atoms with Crippen LogP contribution in [-0.2, 0) is 17.6 Å². The summed E-state index contributed by atoms with van der Waals surface area (Å²) in [5, 5.41) is 22.5. The molecule has 0 fully saturated rings. The van der Waals surface area contributed by atoms with Crippen LogP contribution in [0.25, 0.3) is 0 Å². The minimum atomic E-state index is -0.435. The first-order valence-corrected chi connectivity index (χ1v) is 11.5. The molecule has 2 rings (SSSR count). The van der Waals surface area contributed by atoms with E-state index in [0.29, 0.717) is 25.9 Å². The smallest absolute Gasteiger partial charge is 0.407 e. The molecule has 0 aliphatic rings. The summed E-state index contributed by atoms with van der Waals surface area (Å²) >= 11 is 0. The van der Waals surface area contributed by atoms with Crippen LogP contribution in [0.5, 0.6) is 0 Å². The summed E-state index contributed by atoms with van der Waals surface area (Å²) in [5.41, 5.74) is 9.26. The molecular formula is C24H39N5O3. The third-order valence-corrected chi connectivity index (χ3v) is 5.16. The number of hydrogen-bond donors (Lipinski definition) is 5. The quantitative estimate of drug-likeness (QED) is 0.269. The minimum absolute atomic E-state index is 0.0892. The van der Waals surface area contributed by atoms with Crippen molar-refractivity contribution < 1.29 is 14.6 Å². The molecule has 0 unspecified atom stereocenters. The molecule has 32 heavy (non-hydrogen) atoms. The zero-order valence-corrected chi connectivity index (χ0v) is 19.4. The Bertz CT molecular complexity index is 773. The zero-order valence-electron chi connectivity index (χ0n) is 19.4. The normalized spacial score (nSPS) is 12.5. The van der Waals surface area contributed by atoms with Crippen LogP contribution in [0.3, 0.4) is 0 Å². The van der Waals surface area contributed by atoms with Gasteiger partial charge in [0.1, 0.15) is 0 Å². The molecule has 0 radical (unpaired) electrons. The van der Waals surface area contributed by atoms with E-state index in [-0.39, 0.29) is 24.8 Å². The summed E-state index contributed by atoms with van der Waals surface area (Å²) in [6, 6.07) is 10.6. The van der Waals surface area contributed by atoms with Crippen molar-refractivity contribution in [2.45, 2.75) is 64.0 Å². The van der Waals surface area contributed by atoms with Gasteiger partial charge in [-0.3, -0.25) is 5.10 Å². The van der Waals surface area contributed by atoms with Crippen molar-refractivity contribution in [3.8, 4) is 0 Å². The predicted octanol–water partition coefficient (Wildman–Crippen LogP) is 2.84. The Labute approximate surface area is 191 Å². The molecule has 0 aliphatic heterocycles. The fourth-order valence-corrected chi connectivity index (χ4v) is 3.44. The van der Waals surface area contributed by atoms with Crippen molar-refractivity contribution in [2.24, 2.45) is 5.73 Å². The molecule has 1 aromatic heterocycles. The van der Waals surface area contributed by atoms with E-state index in [0.717, 1.165) is 36.9 Å². The Morgan fingerprint density at radius 2 is 2.00 bits per heavy atom. The maximum absolute atomic E-state index is 11.8. The molecule has 1 amide bonds. The van der Waals surface area contributed by atoms with Crippen LogP contribution in [0, 0.1) is 0 Å². The molecule has 1 atom stereocenters. The van der Waals surface area contributed by atoms with Crippen LogP contribution in [0.1, 0.15) is 62.4 Å². The molecule has 0 aliphatic carbocycles. The van der Waals surface area contributed by atoms with Gasteiger partial charge in [0, 0.05) is 37.7 Å². The number of nitrogens with two attached hydrogens (primary N) is 1. The summed E-state index contributed by atoms with van der Waals surface area (Å²) in [6.45, 7) is 5.58. The SMILES string of the molecule is CC(C)(N)CN[C@@H](CCCc1ccccc1)c1[nH]ncc1CCOC(=O)NCCCCO. The van der Waals surface area contributed by atoms with E-state index in [2.05, 4.69) is 45.1 Å². The monoisotopic (exact) mass is 445 g/mol. The number of nitrogens with one attached hydrogen (secondary N) is 3. The number of unbranched alkanes of at least 4 members (excludes halogenated alkanes) is 1. The number of aliphatic hydroxyl groups excluding tert-OH is 1. The van der Waals surface area contributed by atoms with Gasteiger partial charge in [0.15, 0.2) is 0 Å². The Kier molecular flexibility index (Phi) is 11.2. The molecule has 8 heteroatoms. The average Bonchev–Trinajstić information content (AvgIpc) is 3.22. The highest BCUT2D eigenvalue weighted by molar-refractivity contribution is 5.67. The lowest BCUT2D eigenvalue weighted by Gasteiger charge is -2.25. The second-order valence-corrected chi connectivity index (χ2v) is 8.85. The van der Waals surface area contributed by atoms with Gasteiger partial charge in [-0.2, -0.15) is 5.10 Å². The number of aryl methyl sites for hydroxylation is 1. The van der Waals surface area contributed by atoms with Crippen molar-refractivity contribution in [2.75, 3.05) is 26.3 Å². The van der Waals surface area contributed by atoms with Gasteiger partial charge in [-0.25, -0.2) is 4.79 Å². The van der Waals surface area contributed by atoms with Crippen molar-refractivity contribution >= 4 is 6.09 Å². The summed E-state index contributed by atoms with van der Waals surface area (Å²) in [4.78, 5) is 11.8. The number of H-pyrrole nitrogens is 1. The summed E-state index contributed by atoms with van der Waals surface area (Å²) < 4.78 is 5.29. The van der Waals surface area contributed by atoms with Gasteiger partial charge in [0.05, 0.1) is 18.5 Å². The number of alkyl carbamates (subject to hydrolysis) is 1. The van der Waals surface area contributed by atoms with Crippen molar-refractivity contribution in [3.05, 3.63) is 53.3 Å². The highest BCUT2D eigenvalue weighted by Crippen LogP contribution is 2.22. The fraction of sp³-hybridized carbons (Fsp3) is 0.583. The van der Waals surface area contributed by atoms with E-state index in [4.69, 9.17) is 15.6 Å². The number of rotatable bonds is 15. The molecule has 1 heterocycles. The van der Waals surface area contributed by atoms with Crippen LogP contribution < -0.4 is 16.4 Å². The van der Waals surface area contributed by atoms with Crippen LogP contribution in [0.4, 0.5) is 4.79 Å². The summed E-state index contributed by atoms with van der Waals surface area (Å²) in [6.07, 6.45) is 6.31. The number of aliphatic hydroxyl groups is 1. The highest BCUT2D eigenvalue weighted by Gasteiger charge is 2.20. The van der Waals surface area contributed by atoms with E-state index < -0.39 is 6.09 Å². The molecule has 0 saturated carbocycles. The number of aromatic amines is 1. The van der Waals surface area contributed by atoms with Gasteiger partial charge >= 0.3 is 6.09 Å². The van der Waals surface area contributed by atoms with Crippen LogP contribution in [0.2, 0.25) is 0 Å². The summed E-state index contributed by atoms with van der Waals surface area (Å²) in [5.74, 6) is 0. The van der Waals surface area contributed by atoms with Crippen LogP contribution in [-0.4, -0.2) is 53.2 Å². The standard InChI is InChI=1S/C24H39N5O3/c1-24(2,25)18-27-21(12-8-11-19-9-4-3-5-10-19)22-20(17-28-29-22)13-16-32-23(31)26-14-6-7-15-30/h3-5,9-10,17,21,27,30H,6-8,11-16,18,25H2,1-2H3,(H,26,31)(H,28,29)/t21-/m0/s1. The Morgan fingerprint density at radius 3 is 2.72 bits per heavy atom. The molecule has 2 aromatic rings. The second-order valence-electron chi connectivity index (χ2n) is 8.85. The Balaban J connectivity index is 1.89. The topological polar surface area (TPSA) is 125 Å². The number of amides is 1. The lowest BCUT2D eigenvalue weighted by atomic mass is 9.98. The number of carbonyl (C=O) groups excluding carboxylic acids is 1. The van der Waals surface area contributed by atoms with Crippen molar-refractivity contribution in [1.82, 2.24) is 20.8 Å². The molecule has 0 bridgehead atoms. The van der Waals surface area contributed by atoms with Gasteiger partial charge in [0.25, 0.3) is 0 Å². The largest absolute Gasteiger partial charge is 0.449 e. The zero-order chi connectivity index (χ0) is 23.2. The number of aromatic nitrogens is 2. The lowest BCUT2D eigenvalue weighted by molar-refractivity contribution is 0.147. The van der Waals surface area contributed by atoms with E-state index in [1.54, 1.807) is 6.20 Å². The maximum atomic E-state index is 11.8. The first kappa shape index (κ1) is 25.8. The van der Waals surface area contributed by atoms with E-state index >= 15 is 0 Å². The van der Waals surface area contributed by atoms with Gasteiger partial charge in [-0.1, -0.05) is 30.3 Å². The maximum Gasteiger partial charge on any atom is 0.407 e. The van der Waals surface area contributed by atoms with Gasteiger partial charge < -0.3 is 26.2 Å². The molecule has 0 saturated heterocycles. The predicted molar refractivity (Wildman–Crippen MR) is 126 cm³/mol. The molecule has 1 aromatic carbocycles. The van der Waals surface area contributed by atoms with Gasteiger partial charge in [-0.15, -0.1) is 0 Å². The molecule has 6 N–H and O–H groups in total. The lowest BCUT2D eigenvalue weighted by Crippen LogP contribution is -2.44. The fourth-order valence-electron chi connectivity index (χ4n) is 3.44. The van der Waals surface area contributed by atoms with E-state index in [1.165, 1.54) is 5.56 Å². The third-order valence-electron chi connectivity index (χ3n) is 5.16. The van der Waals surface area contributed by atoms with Crippen molar-refractivity contribution in [1.29, 1.82) is 0 Å². The van der Waals surface area contributed by atoms with Crippen LogP contribution >= 0.6 is 0 Å². The Morgan fingerprint density at radius 1 is 1.22 bits per heavy atom. The second kappa shape index (κ2) is 13.9. The highest BCUT2D eigenvalue weighted by atomic mass is 16.5. The molecular weight excluding hydrogens is 406 g/mol.